The van der Waals surface area contributed by atoms with Crippen LogP contribution in [0.4, 0.5) is 27.6 Å². The number of amides is 1. The van der Waals surface area contributed by atoms with Crippen molar-refractivity contribution in [2.45, 2.75) is 37.8 Å². The van der Waals surface area contributed by atoms with E-state index in [4.69, 9.17) is 0 Å². The SMILES string of the molecule is O=C([C@@H]1C[C@@H](NCc2cc(F)ccc2F)CN1Cc1ccccc1)N1CCN(c2cccc(C(F)(F)F)c2)CC1. The highest BCUT2D eigenvalue weighted by molar-refractivity contribution is 5.82. The number of rotatable bonds is 7. The van der Waals surface area contributed by atoms with Gasteiger partial charge in [-0.25, -0.2) is 8.78 Å². The molecular formula is C30H31F5N4O. The first-order valence-corrected chi connectivity index (χ1v) is 13.3. The first-order chi connectivity index (χ1) is 19.2. The number of nitrogens with zero attached hydrogens (tertiary/aromatic N) is 3. The number of benzene rings is 3. The van der Waals surface area contributed by atoms with E-state index in [2.05, 4.69) is 10.2 Å². The number of halogens is 5. The maximum atomic E-state index is 14.2. The number of likely N-dealkylation sites (tertiary alicyclic amines) is 1. The standard InChI is InChI=1S/C30H31F5N4O/c31-24-9-10-27(32)22(15-24)18-36-25-17-28(39(20-25)19-21-5-2-1-3-6-21)29(40)38-13-11-37(12-14-38)26-8-4-7-23(16-26)30(33,34)35/h1-10,15-16,25,28,36H,11-14,17-20H2/t25-,28+/m1/s1. The lowest BCUT2D eigenvalue weighted by atomic mass is 10.1. The summed E-state index contributed by atoms with van der Waals surface area (Å²) in [4.78, 5) is 19.5. The molecule has 0 saturated carbocycles. The van der Waals surface area contributed by atoms with Crippen LogP contribution in [0.2, 0.25) is 0 Å². The van der Waals surface area contributed by atoms with E-state index in [-0.39, 0.29) is 24.1 Å². The van der Waals surface area contributed by atoms with Crippen LogP contribution in [-0.4, -0.2) is 60.5 Å². The largest absolute Gasteiger partial charge is 0.416 e. The normalized spacial score (nSPS) is 20.2. The summed E-state index contributed by atoms with van der Waals surface area (Å²) >= 11 is 0. The van der Waals surface area contributed by atoms with Crippen LogP contribution in [0.5, 0.6) is 0 Å². The topological polar surface area (TPSA) is 38.8 Å². The Morgan fingerprint density at radius 3 is 2.38 bits per heavy atom. The molecule has 0 spiro atoms. The minimum atomic E-state index is -4.41. The molecule has 0 aromatic heterocycles. The predicted molar refractivity (Wildman–Crippen MR) is 142 cm³/mol. The Morgan fingerprint density at radius 1 is 0.900 bits per heavy atom. The molecule has 3 aromatic carbocycles. The summed E-state index contributed by atoms with van der Waals surface area (Å²) in [6, 6.07) is 17.9. The third-order valence-electron chi connectivity index (χ3n) is 7.64. The maximum absolute atomic E-state index is 14.2. The molecule has 5 nitrogen and oxygen atoms in total. The van der Waals surface area contributed by atoms with E-state index in [9.17, 15) is 26.7 Å². The summed E-state index contributed by atoms with van der Waals surface area (Å²) in [5, 5.41) is 3.30. The molecule has 5 rings (SSSR count). The van der Waals surface area contributed by atoms with Crippen LogP contribution in [0.25, 0.3) is 0 Å². The lowest BCUT2D eigenvalue weighted by molar-refractivity contribution is -0.137. The highest BCUT2D eigenvalue weighted by Crippen LogP contribution is 2.32. The predicted octanol–water partition coefficient (Wildman–Crippen LogP) is 5.07. The zero-order chi connectivity index (χ0) is 28.3. The third-order valence-corrected chi connectivity index (χ3v) is 7.64. The highest BCUT2D eigenvalue weighted by atomic mass is 19.4. The van der Waals surface area contributed by atoms with Crippen molar-refractivity contribution < 1.29 is 26.7 Å². The first-order valence-electron chi connectivity index (χ1n) is 13.3. The number of hydrogen-bond acceptors (Lipinski definition) is 4. The lowest BCUT2D eigenvalue weighted by Crippen LogP contribution is -2.53. The van der Waals surface area contributed by atoms with E-state index in [0.717, 1.165) is 29.8 Å². The molecule has 2 aliphatic heterocycles. The zero-order valence-corrected chi connectivity index (χ0v) is 21.9. The number of alkyl halides is 3. The summed E-state index contributed by atoms with van der Waals surface area (Å²) in [7, 11) is 0. The molecule has 212 valence electrons. The first kappa shape index (κ1) is 28.0. The van der Waals surface area contributed by atoms with Gasteiger partial charge in [-0.15, -0.1) is 0 Å². The zero-order valence-electron chi connectivity index (χ0n) is 21.9. The van der Waals surface area contributed by atoms with Crippen LogP contribution in [0.1, 0.15) is 23.1 Å². The smallest absolute Gasteiger partial charge is 0.368 e. The molecule has 40 heavy (non-hydrogen) atoms. The molecule has 2 atom stereocenters. The van der Waals surface area contributed by atoms with E-state index >= 15 is 0 Å². The average Bonchev–Trinajstić information content (AvgIpc) is 3.35. The molecular weight excluding hydrogens is 527 g/mol. The van der Waals surface area contributed by atoms with E-state index in [1.54, 1.807) is 11.0 Å². The summed E-state index contributed by atoms with van der Waals surface area (Å²) in [6.07, 6.45) is -3.90. The van der Waals surface area contributed by atoms with Gasteiger partial charge in [0.05, 0.1) is 11.6 Å². The second-order valence-corrected chi connectivity index (χ2v) is 10.3. The molecule has 2 fully saturated rings. The van der Waals surface area contributed by atoms with E-state index < -0.39 is 29.4 Å². The second-order valence-electron chi connectivity index (χ2n) is 10.3. The van der Waals surface area contributed by atoms with Gasteiger partial charge in [0.2, 0.25) is 5.91 Å². The van der Waals surface area contributed by atoms with Crippen molar-refractivity contribution in [3.05, 3.63) is 101 Å². The van der Waals surface area contributed by atoms with Gasteiger partial charge in [-0.1, -0.05) is 36.4 Å². The minimum absolute atomic E-state index is 0.0270. The Kier molecular flexibility index (Phi) is 8.37. The molecule has 3 aromatic rings. The van der Waals surface area contributed by atoms with Crippen molar-refractivity contribution >= 4 is 11.6 Å². The van der Waals surface area contributed by atoms with Gasteiger partial charge in [0, 0.05) is 63.1 Å². The average molecular weight is 559 g/mol. The van der Waals surface area contributed by atoms with Crippen LogP contribution in [0.15, 0.2) is 72.8 Å². The third kappa shape index (κ3) is 6.62. The van der Waals surface area contributed by atoms with Crippen LogP contribution in [0, 0.1) is 11.6 Å². The number of nitrogens with one attached hydrogen (secondary N) is 1. The molecule has 10 heteroatoms. The maximum Gasteiger partial charge on any atom is 0.416 e. The van der Waals surface area contributed by atoms with Crippen molar-refractivity contribution in [2.75, 3.05) is 37.6 Å². The summed E-state index contributed by atoms with van der Waals surface area (Å²) in [6.45, 7) is 2.93. The van der Waals surface area contributed by atoms with Crippen molar-refractivity contribution in [3.63, 3.8) is 0 Å². The van der Waals surface area contributed by atoms with E-state index in [1.165, 1.54) is 12.1 Å². The van der Waals surface area contributed by atoms with E-state index in [1.807, 2.05) is 35.2 Å². The quantitative estimate of drug-likeness (QED) is 0.412. The van der Waals surface area contributed by atoms with Gasteiger partial charge in [-0.3, -0.25) is 9.69 Å². The van der Waals surface area contributed by atoms with Crippen LogP contribution < -0.4 is 10.2 Å². The van der Waals surface area contributed by atoms with Gasteiger partial charge >= 0.3 is 6.18 Å². The molecule has 0 unspecified atom stereocenters. The highest BCUT2D eigenvalue weighted by Gasteiger charge is 2.39. The van der Waals surface area contributed by atoms with Gasteiger partial charge in [-0.2, -0.15) is 13.2 Å². The Morgan fingerprint density at radius 2 is 1.65 bits per heavy atom. The Bertz CT molecular complexity index is 1310. The number of carbonyl (C=O) groups excluding carboxylic acids is 1. The van der Waals surface area contributed by atoms with Gasteiger partial charge in [0.15, 0.2) is 0 Å². The van der Waals surface area contributed by atoms with Gasteiger partial charge in [0.25, 0.3) is 0 Å². The van der Waals surface area contributed by atoms with Crippen molar-refractivity contribution in [1.29, 1.82) is 0 Å². The molecule has 1 N–H and O–H groups in total. The second kappa shape index (κ2) is 11.9. The molecule has 2 heterocycles. The van der Waals surface area contributed by atoms with Crippen LogP contribution >= 0.6 is 0 Å². The number of piperazine rings is 1. The Labute approximate surface area is 230 Å². The summed E-state index contributed by atoms with van der Waals surface area (Å²) in [5.74, 6) is -1.02. The van der Waals surface area contributed by atoms with Crippen molar-refractivity contribution in [2.24, 2.45) is 0 Å². The molecule has 0 aliphatic carbocycles. The lowest BCUT2D eigenvalue weighted by Gasteiger charge is -2.38. The van der Waals surface area contributed by atoms with Gasteiger partial charge in [-0.05, 0) is 48.4 Å². The molecule has 0 radical (unpaired) electrons. The summed E-state index contributed by atoms with van der Waals surface area (Å²) < 4.78 is 67.3. The van der Waals surface area contributed by atoms with E-state index in [0.29, 0.717) is 51.4 Å². The molecule has 0 bridgehead atoms. The van der Waals surface area contributed by atoms with Gasteiger partial charge < -0.3 is 15.1 Å². The fourth-order valence-electron chi connectivity index (χ4n) is 5.51. The molecule has 2 aliphatic rings. The van der Waals surface area contributed by atoms with Crippen molar-refractivity contribution in [1.82, 2.24) is 15.1 Å². The fraction of sp³-hybridized carbons (Fsp3) is 0.367. The number of carbonyl (C=O) groups is 1. The Hall–Kier alpha value is -3.50. The van der Waals surface area contributed by atoms with Crippen molar-refractivity contribution in [3.8, 4) is 0 Å². The molecule has 1 amide bonds. The fourth-order valence-corrected chi connectivity index (χ4v) is 5.51. The monoisotopic (exact) mass is 558 g/mol. The number of anilines is 1. The van der Waals surface area contributed by atoms with Gasteiger partial charge in [0.1, 0.15) is 11.6 Å². The van der Waals surface area contributed by atoms with Crippen LogP contribution in [-0.2, 0) is 24.1 Å². The number of hydrogen-bond donors (Lipinski definition) is 1. The molecule has 2 saturated heterocycles. The Balaban J connectivity index is 1.25. The summed E-state index contributed by atoms with van der Waals surface area (Å²) in [5.41, 5.74) is 1.09. The van der Waals surface area contributed by atoms with Crippen LogP contribution in [0.3, 0.4) is 0 Å². The minimum Gasteiger partial charge on any atom is -0.368 e.